The molecule has 4 rings (SSSR count). The summed E-state index contributed by atoms with van der Waals surface area (Å²) in [6, 6.07) is 19.8. The highest BCUT2D eigenvalue weighted by Crippen LogP contribution is 2.24. The van der Waals surface area contributed by atoms with Crippen LogP contribution in [0.2, 0.25) is 0 Å². The molecule has 0 saturated carbocycles. The lowest BCUT2D eigenvalue weighted by Gasteiger charge is -2.14. The molecule has 0 fully saturated rings. The van der Waals surface area contributed by atoms with Gasteiger partial charge in [-0.05, 0) is 42.0 Å². The van der Waals surface area contributed by atoms with Gasteiger partial charge in [0.25, 0.3) is 17.7 Å². The number of amides is 3. The summed E-state index contributed by atoms with van der Waals surface area (Å²) >= 11 is 0. The molecule has 8 nitrogen and oxygen atoms in total. The zero-order valence-electron chi connectivity index (χ0n) is 17.7. The molecule has 1 heterocycles. The van der Waals surface area contributed by atoms with Crippen LogP contribution in [0.15, 0.2) is 72.8 Å². The molecule has 0 bridgehead atoms. The second-order valence-electron chi connectivity index (χ2n) is 7.30. The molecule has 0 aromatic heterocycles. The normalized spacial score (nSPS) is 12.3. The highest BCUT2D eigenvalue weighted by molar-refractivity contribution is 6.21. The average molecular weight is 444 g/mol. The molecular formula is C25H20N2O6. The van der Waals surface area contributed by atoms with Crippen molar-refractivity contribution in [2.75, 3.05) is 19.0 Å². The predicted molar refractivity (Wildman–Crippen MR) is 119 cm³/mol. The van der Waals surface area contributed by atoms with Crippen molar-refractivity contribution in [3.63, 3.8) is 0 Å². The number of nitrogens with one attached hydrogen (secondary N) is 1. The van der Waals surface area contributed by atoms with E-state index in [-0.39, 0.29) is 23.9 Å². The van der Waals surface area contributed by atoms with E-state index in [0.717, 1.165) is 0 Å². The first-order valence-corrected chi connectivity index (χ1v) is 10.1. The average Bonchev–Trinajstić information content (AvgIpc) is 3.08. The zero-order chi connectivity index (χ0) is 23.4. The molecular weight excluding hydrogens is 424 g/mol. The van der Waals surface area contributed by atoms with Gasteiger partial charge in [0.2, 0.25) is 0 Å². The van der Waals surface area contributed by atoms with E-state index in [1.807, 2.05) is 0 Å². The number of hydrogen-bond donors (Lipinski definition) is 1. The molecule has 0 unspecified atom stereocenters. The van der Waals surface area contributed by atoms with Gasteiger partial charge in [0.1, 0.15) is 5.75 Å². The molecule has 1 aliphatic rings. The second-order valence-corrected chi connectivity index (χ2v) is 7.30. The van der Waals surface area contributed by atoms with Gasteiger partial charge in [-0.25, -0.2) is 4.79 Å². The van der Waals surface area contributed by atoms with Crippen molar-refractivity contribution < 1.29 is 28.7 Å². The molecule has 3 amide bonds. The van der Waals surface area contributed by atoms with E-state index in [9.17, 15) is 19.2 Å². The smallest absolute Gasteiger partial charge is 0.338 e. The van der Waals surface area contributed by atoms with E-state index >= 15 is 0 Å². The monoisotopic (exact) mass is 444 g/mol. The third-order valence-corrected chi connectivity index (χ3v) is 5.10. The SMILES string of the molecule is COc1cccc(NC(=O)COC(=O)c2ccc(CN3C(=O)c4ccccc4C3=O)cc2)c1. The Kier molecular flexibility index (Phi) is 6.17. The largest absolute Gasteiger partial charge is 0.497 e. The van der Waals surface area contributed by atoms with Crippen molar-refractivity contribution in [3.05, 3.63) is 95.1 Å². The van der Waals surface area contributed by atoms with Crippen molar-refractivity contribution in [3.8, 4) is 5.75 Å². The van der Waals surface area contributed by atoms with E-state index in [2.05, 4.69) is 5.32 Å². The van der Waals surface area contributed by atoms with E-state index in [1.165, 1.54) is 24.1 Å². The summed E-state index contributed by atoms with van der Waals surface area (Å²) in [7, 11) is 1.52. The first-order valence-electron chi connectivity index (χ1n) is 10.1. The van der Waals surface area contributed by atoms with Gasteiger partial charge in [0.05, 0.1) is 30.3 Å². The molecule has 3 aromatic rings. The van der Waals surface area contributed by atoms with Crippen LogP contribution in [0, 0.1) is 0 Å². The quantitative estimate of drug-likeness (QED) is 0.443. The fourth-order valence-corrected chi connectivity index (χ4v) is 3.42. The van der Waals surface area contributed by atoms with Crippen molar-refractivity contribution in [1.29, 1.82) is 0 Å². The molecule has 8 heteroatoms. The number of methoxy groups -OCH3 is 1. The fourth-order valence-electron chi connectivity index (χ4n) is 3.42. The number of esters is 1. The standard InChI is InChI=1S/C25H20N2O6/c1-32-19-6-4-5-18(13-19)26-22(28)15-33-25(31)17-11-9-16(10-12-17)14-27-23(29)20-7-2-3-8-21(20)24(27)30/h2-13H,14-15H2,1H3,(H,26,28). The molecule has 0 saturated heterocycles. The first-order chi connectivity index (χ1) is 16.0. The van der Waals surface area contributed by atoms with Crippen LogP contribution in [-0.4, -0.2) is 42.3 Å². The number of ether oxygens (including phenoxy) is 2. The summed E-state index contributed by atoms with van der Waals surface area (Å²) in [6.45, 7) is -0.364. The summed E-state index contributed by atoms with van der Waals surface area (Å²) in [5.74, 6) is -1.25. The zero-order valence-corrected chi connectivity index (χ0v) is 17.7. The number of nitrogens with zero attached hydrogens (tertiary/aromatic N) is 1. The maximum Gasteiger partial charge on any atom is 0.338 e. The van der Waals surface area contributed by atoms with E-state index in [1.54, 1.807) is 60.7 Å². The fraction of sp³-hybridized carbons (Fsp3) is 0.120. The third kappa shape index (κ3) is 4.74. The predicted octanol–water partition coefficient (Wildman–Crippen LogP) is 3.29. The van der Waals surface area contributed by atoms with Gasteiger partial charge in [-0.3, -0.25) is 19.3 Å². The summed E-state index contributed by atoms with van der Waals surface area (Å²) in [4.78, 5) is 50.5. The van der Waals surface area contributed by atoms with Crippen LogP contribution in [-0.2, 0) is 16.1 Å². The minimum absolute atomic E-state index is 0.0879. The summed E-state index contributed by atoms with van der Waals surface area (Å²) in [6.07, 6.45) is 0. The van der Waals surface area contributed by atoms with E-state index < -0.39 is 18.5 Å². The Labute approximate surface area is 189 Å². The van der Waals surface area contributed by atoms with Gasteiger partial charge in [-0.1, -0.05) is 30.3 Å². The van der Waals surface area contributed by atoms with Crippen LogP contribution in [0.25, 0.3) is 0 Å². The van der Waals surface area contributed by atoms with Gasteiger partial charge in [-0.15, -0.1) is 0 Å². The molecule has 0 aliphatic carbocycles. The Morgan fingerprint density at radius 1 is 0.879 bits per heavy atom. The van der Waals surface area contributed by atoms with Gasteiger partial charge in [0, 0.05) is 11.8 Å². The topological polar surface area (TPSA) is 102 Å². The number of benzene rings is 3. The van der Waals surface area contributed by atoms with Crippen molar-refractivity contribution in [2.24, 2.45) is 0 Å². The Morgan fingerprint density at radius 2 is 1.55 bits per heavy atom. The Bertz CT molecular complexity index is 1200. The maximum atomic E-state index is 12.5. The van der Waals surface area contributed by atoms with Crippen LogP contribution in [0.1, 0.15) is 36.6 Å². The Balaban J connectivity index is 1.32. The molecule has 33 heavy (non-hydrogen) atoms. The lowest BCUT2D eigenvalue weighted by molar-refractivity contribution is -0.119. The first kappa shape index (κ1) is 21.8. The number of anilines is 1. The Morgan fingerprint density at radius 3 is 2.18 bits per heavy atom. The van der Waals surface area contributed by atoms with Crippen LogP contribution in [0.3, 0.4) is 0 Å². The number of carbonyl (C=O) groups excluding carboxylic acids is 4. The number of rotatable bonds is 7. The highest BCUT2D eigenvalue weighted by Gasteiger charge is 2.34. The van der Waals surface area contributed by atoms with Crippen molar-refractivity contribution >= 4 is 29.4 Å². The van der Waals surface area contributed by atoms with Crippen LogP contribution >= 0.6 is 0 Å². The minimum Gasteiger partial charge on any atom is -0.497 e. The molecule has 0 atom stereocenters. The van der Waals surface area contributed by atoms with Gasteiger partial charge in [0.15, 0.2) is 6.61 Å². The summed E-state index contributed by atoms with van der Waals surface area (Å²) in [5, 5.41) is 2.62. The highest BCUT2D eigenvalue weighted by atomic mass is 16.5. The van der Waals surface area contributed by atoms with Crippen LogP contribution in [0.4, 0.5) is 5.69 Å². The molecule has 0 radical (unpaired) electrons. The van der Waals surface area contributed by atoms with Crippen LogP contribution in [0.5, 0.6) is 5.75 Å². The maximum absolute atomic E-state index is 12.5. The van der Waals surface area contributed by atoms with Gasteiger partial charge < -0.3 is 14.8 Å². The van der Waals surface area contributed by atoms with Crippen molar-refractivity contribution in [2.45, 2.75) is 6.54 Å². The lowest BCUT2D eigenvalue weighted by atomic mass is 10.1. The Hall–Kier alpha value is -4.46. The van der Waals surface area contributed by atoms with Gasteiger partial charge in [-0.2, -0.15) is 0 Å². The molecule has 0 spiro atoms. The van der Waals surface area contributed by atoms with Gasteiger partial charge >= 0.3 is 5.97 Å². The van der Waals surface area contributed by atoms with Crippen LogP contribution < -0.4 is 10.1 Å². The minimum atomic E-state index is -0.664. The number of imide groups is 1. The van der Waals surface area contributed by atoms with E-state index in [4.69, 9.17) is 9.47 Å². The second kappa shape index (κ2) is 9.35. The summed E-state index contributed by atoms with van der Waals surface area (Å²) in [5.41, 5.74) is 2.21. The molecule has 1 aliphatic heterocycles. The number of fused-ring (bicyclic) bond motifs is 1. The number of hydrogen-bond acceptors (Lipinski definition) is 6. The summed E-state index contributed by atoms with van der Waals surface area (Å²) < 4.78 is 10.2. The number of carbonyl (C=O) groups is 4. The molecule has 1 N–H and O–H groups in total. The van der Waals surface area contributed by atoms with E-state index in [0.29, 0.717) is 28.1 Å². The third-order valence-electron chi connectivity index (χ3n) is 5.10. The molecule has 3 aromatic carbocycles. The molecule has 166 valence electrons. The van der Waals surface area contributed by atoms with Crippen molar-refractivity contribution in [1.82, 2.24) is 4.90 Å². The lowest BCUT2D eigenvalue weighted by Crippen LogP contribution is -2.29.